The normalized spacial score (nSPS) is 16.9. The SMILES string of the molecule is CN1CCC(CNc2nn3c(-c4cccc(C(F)(F)F)c4)cnc3s2)CC1. The van der Waals surface area contributed by atoms with Crippen LogP contribution in [0.5, 0.6) is 0 Å². The van der Waals surface area contributed by atoms with E-state index in [4.69, 9.17) is 0 Å². The van der Waals surface area contributed by atoms with Gasteiger partial charge in [-0.15, -0.1) is 5.10 Å². The van der Waals surface area contributed by atoms with Gasteiger partial charge in [0, 0.05) is 12.1 Å². The molecule has 144 valence electrons. The van der Waals surface area contributed by atoms with Gasteiger partial charge >= 0.3 is 6.18 Å². The maximum atomic E-state index is 13.0. The molecular formula is C18H20F3N5S. The number of fused-ring (bicyclic) bond motifs is 1. The topological polar surface area (TPSA) is 45.5 Å². The molecular weight excluding hydrogens is 375 g/mol. The predicted octanol–water partition coefficient (Wildman–Crippen LogP) is 4.23. The van der Waals surface area contributed by atoms with Crippen molar-refractivity contribution in [3.05, 3.63) is 36.0 Å². The van der Waals surface area contributed by atoms with Crippen LogP contribution in [0.25, 0.3) is 16.2 Å². The molecule has 0 saturated carbocycles. The highest BCUT2D eigenvalue weighted by atomic mass is 32.1. The number of aromatic nitrogens is 3. The Kier molecular flexibility index (Phi) is 4.81. The average molecular weight is 395 g/mol. The van der Waals surface area contributed by atoms with E-state index < -0.39 is 11.7 Å². The van der Waals surface area contributed by atoms with Gasteiger partial charge < -0.3 is 10.2 Å². The van der Waals surface area contributed by atoms with Crippen LogP contribution in [0.4, 0.5) is 18.3 Å². The van der Waals surface area contributed by atoms with Gasteiger partial charge in [-0.1, -0.05) is 23.5 Å². The van der Waals surface area contributed by atoms with Crippen molar-refractivity contribution in [3.8, 4) is 11.3 Å². The molecule has 5 nitrogen and oxygen atoms in total. The predicted molar refractivity (Wildman–Crippen MR) is 100 cm³/mol. The molecule has 4 rings (SSSR count). The molecule has 3 heterocycles. The standard InChI is InChI=1S/C18H20F3N5S/c1-25-7-5-12(6-8-25)10-22-16-24-26-15(11-23-17(26)27-16)13-3-2-4-14(9-13)18(19,20)21/h2-4,9,11-12H,5-8,10H2,1H3,(H,22,24). The van der Waals surface area contributed by atoms with Crippen LogP contribution in [0.3, 0.4) is 0 Å². The molecule has 0 spiro atoms. The molecule has 0 radical (unpaired) electrons. The molecule has 1 N–H and O–H groups in total. The largest absolute Gasteiger partial charge is 0.416 e. The highest BCUT2D eigenvalue weighted by molar-refractivity contribution is 7.20. The number of piperidine rings is 1. The van der Waals surface area contributed by atoms with Gasteiger partial charge in [-0.3, -0.25) is 0 Å². The Morgan fingerprint density at radius 3 is 2.78 bits per heavy atom. The number of alkyl halides is 3. The van der Waals surface area contributed by atoms with Crippen molar-refractivity contribution in [1.29, 1.82) is 0 Å². The number of halogens is 3. The number of likely N-dealkylation sites (tertiary alicyclic amines) is 1. The Morgan fingerprint density at radius 1 is 1.26 bits per heavy atom. The van der Waals surface area contributed by atoms with Gasteiger partial charge in [0.05, 0.1) is 17.5 Å². The van der Waals surface area contributed by atoms with Gasteiger partial charge in [0.15, 0.2) is 0 Å². The number of nitrogens with one attached hydrogen (secondary N) is 1. The Bertz CT molecular complexity index is 925. The van der Waals surface area contributed by atoms with Gasteiger partial charge in [-0.05, 0) is 51.0 Å². The fourth-order valence-electron chi connectivity index (χ4n) is 3.31. The quantitative estimate of drug-likeness (QED) is 0.718. The lowest BCUT2D eigenvalue weighted by molar-refractivity contribution is -0.137. The maximum Gasteiger partial charge on any atom is 0.416 e. The number of rotatable bonds is 4. The van der Waals surface area contributed by atoms with E-state index >= 15 is 0 Å². The summed E-state index contributed by atoms with van der Waals surface area (Å²) in [5.74, 6) is 0.611. The number of anilines is 1. The number of hydrogen-bond acceptors (Lipinski definition) is 5. The van der Waals surface area contributed by atoms with Crippen LogP contribution in [-0.4, -0.2) is 46.2 Å². The molecule has 0 bridgehead atoms. The van der Waals surface area contributed by atoms with Crippen LogP contribution in [-0.2, 0) is 6.18 Å². The fourth-order valence-corrected chi connectivity index (χ4v) is 4.10. The van der Waals surface area contributed by atoms with E-state index in [1.165, 1.54) is 17.4 Å². The minimum atomic E-state index is -4.37. The summed E-state index contributed by atoms with van der Waals surface area (Å²) in [6, 6.07) is 5.25. The summed E-state index contributed by atoms with van der Waals surface area (Å²) in [5.41, 5.74) is 0.329. The van der Waals surface area contributed by atoms with E-state index in [-0.39, 0.29) is 0 Å². The van der Waals surface area contributed by atoms with Crippen molar-refractivity contribution in [1.82, 2.24) is 19.5 Å². The van der Waals surface area contributed by atoms with Crippen molar-refractivity contribution >= 4 is 21.4 Å². The van der Waals surface area contributed by atoms with Crippen molar-refractivity contribution in [2.45, 2.75) is 19.0 Å². The molecule has 0 aliphatic carbocycles. The Labute approximate surface area is 158 Å². The van der Waals surface area contributed by atoms with Gasteiger partial charge in [0.1, 0.15) is 0 Å². The van der Waals surface area contributed by atoms with Crippen LogP contribution in [0, 0.1) is 5.92 Å². The van der Waals surface area contributed by atoms with Crippen molar-refractivity contribution in [2.75, 3.05) is 32.0 Å². The Morgan fingerprint density at radius 2 is 2.04 bits per heavy atom. The summed E-state index contributed by atoms with van der Waals surface area (Å²) >= 11 is 1.41. The summed E-state index contributed by atoms with van der Waals surface area (Å²) < 4.78 is 40.5. The van der Waals surface area contributed by atoms with Crippen molar-refractivity contribution < 1.29 is 13.2 Å². The van der Waals surface area contributed by atoms with Crippen LogP contribution < -0.4 is 5.32 Å². The molecule has 0 amide bonds. The van der Waals surface area contributed by atoms with E-state index in [9.17, 15) is 13.2 Å². The highest BCUT2D eigenvalue weighted by Crippen LogP contribution is 2.33. The third-order valence-corrected chi connectivity index (χ3v) is 5.83. The highest BCUT2D eigenvalue weighted by Gasteiger charge is 2.30. The lowest BCUT2D eigenvalue weighted by Crippen LogP contribution is -2.32. The molecule has 3 aromatic rings. The van der Waals surface area contributed by atoms with E-state index in [0.29, 0.717) is 22.1 Å². The molecule has 27 heavy (non-hydrogen) atoms. The number of imidazole rings is 1. The second-order valence-corrected chi connectivity index (χ2v) is 7.91. The zero-order valence-electron chi connectivity index (χ0n) is 14.8. The molecule has 1 aliphatic heterocycles. The second kappa shape index (κ2) is 7.12. The van der Waals surface area contributed by atoms with E-state index in [2.05, 4.69) is 27.3 Å². The van der Waals surface area contributed by atoms with Crippen LogP contribution in [0.15, 0.2) is 30.5 Å². The first-order valence-electron chi connectivity index (χ1n) is 8.85. The zero-order chi connectivity index (χ0) is 19.0. The van der Waals surface area contributed by atoms with Gasteiger partial charge in [-0.25, -0.2) is 9.50 Å². The van der Waals surface area contributed by atoms with Gasteiger partial charge in [0.25, 0.3) is 0 Å². The molecule has 1 saturated heterocycles. The molecule has 1 aliphatic rings. The van der Waals surface area contributed by atoms with Crippen molar-refractivity contribution in [2.24, 2.45) is 5.92 Å². The summed E-state index contributed by atoms with van der Waals surface area (Å²) in [6.07, 6.45) is -0.499. The fraction of sp³-hybridized carbons (Fsp3) is 0.444. The van der Waals surface area contributed by atoms with Crippen molar-refractivity contribution in [3.63, 3.8) is 0 Å². The first-order valence-corrected chi connectivity index (χ1v) is 9.66. The first-order chi connectivity index (χ1) is 12.9. The molecule has 2 aromatic heterocycles. The smallest absolute Gasteiger partial charge is 0.360 e. The first kappa shape index (κ1) is 18.2. The zero-order valence-corrected chi connectivity index (χ0v) is 15.6. The third-order valence-electron chi connectivity index (χ3n) is 4.95. The number of hydrogen-bond donors (Lipinski definition) is 1. The molecule has 0 unspecified atom stereocenters. The molecule has 1 aromatic carbocycles. The van der Waals surface area contributed by atoms with E-state index in [0.717, 1.165) is 49.7 Å². The summed E-state index contributed by atoms with van der Waals surface area (Å²) in [6.45, 7) is 3.06. The lowest BCUT2D eigenvalue weighted by atomic mass is 9.97. The van der Waals surface area contributed by atoms with Crippen LogP contribution in [0.1, 0.15) is 18.4 Å². The number of benzene rings is 1. The lowest BCUT2D eigenvalue weighted by Gasteiger charge is -2.28. The van der Waals surface area contributed by atoms with E-state index in [1.54, 1.807) is 16.8 Å². The molecule has 1 fully saturated rings. The van der Waals surface area contributed by atoms with Gasteiger partial charge in [-0.2, -0.15) is 13.2 Å². The minimum Gasteiger partial charge on any atom is -0.360 e. The Balaban J connectivity index is 1.52. The maximum absolute atomic E-state index is 13.0. The summed E-state index contributed by atoms with van der Waals surface area (Å²) in [4.78, 5) is 7.29. The molecule has 9 heteroatoms. The van der Waals surface area contributed by atoms with E-state index in [1.807, 2.05) is 0 Å². The summed E-state index contributed by atoms with van der Waals surface area (Å²) in [7, 11) is 2.13. The molecule has 0 atom stereocenters. The van der Waals surface area contributed by atoms with Crippen LogP contribution in [0.2, 0.25) is 0 Å². The number of nitrogens with zero attached hydrogens (tertiary/aromatic N) is 4. The third kappa shape index (κ3) is 3.93. The minimum absolute atomic E-state index is 0.449. The van der Waals surface area contributed by atoms with Crippen LogP contribution >= 0.6 is 11.3 Å². The monoisotopic (exact) mass is 395 g/mol. The Hall–Kier alpha value is -2.13. The summed E-state index contributed by atoms with van der Waals surface area (Å²) in [5, 5.41) is 8.62. The second-order valence-electron chi connectivity index (χ2n) is 6.95. The average Bonchev–Trinajstić information content (AvgIpc) is 3.21. The van der Waals surface area contributed by atoms with Gasteiger partial charge in [0.2, 0.25) is 10.1 Å².